The lowest BCUT2D eigenvalue weighted by Gasteiger charge is -2.07. The van der Waals surface area contributed by atoms with Gasteiger partial charge in [0, 0.05) is 5.56 Å². The van der Waals surface area contributed by atoms with Gasteiger partial charge in [-0.1, -0.05) is 23.7 Å². The summed E-state index contributed by atoms with van der Waals surface area (Å²) >= 11 is 5.54. The van der Waals surface area contributed by atoms with Gasteiger partial charge in [-0.05, 0) is 18.6 Å². The SMILES string of the molecule is Cc1ccc(C(=O)C(Cl)NC=O)cc1F. The van der Waals surface area contributed by atoms with Crippen LogP contribution in [0.25, 0.3) is 0 Å². The Morgan fingerprint density at radius 3 is 2.80 bits per heavy atom. The van der Waals surface area contributed by atoms with Crippen molar-refractivity contribution in [3.8, 4) is 0 Å². The molecule has 1 atom stereocenters. The van der Waals surface area contributed by atoms with Gasteiger partial charge < -0.3 is 5.32 Å². The van der Waals surface area contributed by atoms with Gasteiger partial charge >= 0.3 is 0 Å². The van der Waals surface area contributed by atoms with Crippen LogP contribution < -0.4 is 5.32 Å². The van der Waals surface area contributed by atoms with E-state index in [1.165, 1.54) is 12.1 Å². The van der Waals surface area contributed by atoms with Crippen LogP contribution in [0.1, 0.15) is 15.9 Å². The summed E-state index contributed by atoms with van der Waals surface area (Å²) < 4.78 is 13.1. The van der Waals surface area contributed by atoms with E-state index in [9.17, 15) is 14.0 Å². The Labute approximate surface area is 91.2 Å². The summed E-state index contributed by atoms with van der Waals surface area (Å²) in [6.07, 6.45) is 0.320. The molecule has 1 unspecified atom stereocenters. The highest BCUT2D eigenvalue weighted by molar-refractivity contribution is 6.34. The molecule has 1 N–H and O–H groups in total. The number of hydrogen-bond donors (Lipinski definition) is 1. The minimum absolute atomic E-state index is 0.132. The van der Waals surface area contributed by atoms with Crippen LogP contribution in [0.4, 0.5) is 4.39 Å². The van der Waals surface area contributed by atoms with E-state index in [0.29, 0.717) is 12.0 Å². The molecule has 1 amide bonds. The van der Waals surface area contributed by atoms with Crippen molar-refractivity contribution in [2.45, 2.75) is 12.4 Å². The summed E-state index contributed by atoms with van der Waals surface area (Å²) in [5.41, 5.74) is -0.585. The van der Waals surface area contributed by atoms with Gasteiger partial charge in [-0.15, -0.1) is 0 Å². The number of carbonyl (C=O) groups is 2. The maximum atomic E-state index is 13.1. The fourth-order valence-corrected chi connectivity index (χ4v) is 1.21. The lowest BCUT2D eigenvalue weighted by Crippen LogP contribution is -2.30. The van der Waals surface area contributed by atoms with Crippen molar-refractivity contribution in [2.24, 2.45) is 0 Å². The van der Waals surface area contributed by atoms with Gasteiger partial charge in [-0.3, -0.25) is 9.59 Å². The smallest absolute Gasteiger partial charge is 0.208 e. The molecule has 0 aromatic heterocycles. The normalized spacial score (nSPS) is 11.9. The summed E-state index contributed by atoms with van der Waals surface area (Å²) in [7, 11) is 0. The van der Waals surface area contributed by atoms with E-state index >= 15 is 0 Å². The molecule has 0 saturated heterocycles. The predicted octanol–water partition coefficient (Wildman–Crippen LogP) is 1.63. The van der Waals surface area contributed by atoms with E-state index in [0.717, 1.165) is 6.07 Å². The maximum Gasteiger partial charge on any atom is 0.208 e. The summed E-state index contributed by atoms with van der Waals surface area (Å²) in [5.74, 6) is -1.02. The Morgan fingerprint density at radius 2 is 2.27 bits per heavy atom. The van der Waals surface area contributed by atoms with Crippen molar-refractivity contribution in [3.05, 3.63) is 35.1 Å². The molecule has 3 nitrogen and oxygen atoms in total. The number of amides is 1. The second-order valence-corrected chi connectivity index (χ2v) is 3.41. The molecule has 0 aliphatic heterocycles. The molecule has 5 heteroatoms. The molecule has 0 saturated carbocycles. The molecule has 0 bridgehead atoms. The minimum Gasteiger partial charge on any atom is -0.336 e. The Morgan fingerprint density at radius 1 is 1.60 bits per heavy atom. The van der Waals surface area contributed by atoms with E-state index in [4.69, 9.17) is 11.6 Å². The number of carbonyl (C=O) groups excluding carboxylic acids is 2. The summed E-state index contributed by atoms with van der Waals surface area (Å²) in [5, 5.41) is 2.09. The van der Waals surface area contributed by atoms with E-state index in [1.54, 1.807) is 6.92 Å². The average Bonchev–Trinajstić information content (AvgIpc) is 2.21. The number of alkyl halides is 1. The fraction of sp³-hybridized carbons (Fsp3) is 0.200. The molecule has 0 aliphatic carbocycles. The summed E-state index contributed by atoms with van der Waals surface area (Å²) in [4.78, 5) is 21.5. The van der Waals surface area contributed by atoms with Gasteiger partial charge in [0.1, 0.15) is 5.82 Å². The van der Waals surface area contributed by atoms with Crippen LogP contribution in [0.15, 0.2) is 18.2 Å². The maximum absolute atomic E-state index is 13.1. The van der Waals surface area contributed by atoms with Crippen LogP contribution in [0, 0.1) is 12.7 Å². The highest BCUT2D eigenvalue weighted by atomic mass is 35.5. The van der Waals surface area contributed by atoms with Gasteiger partial charge in [0.2, 0.25) is 12.2 Å². The van der Waals surface area contributed by atoms with Crippen molar-refractivity contribution in [3.63, 3.8) is 0 Å². The molecule has 0 fully saturated rings. The van der Waals surface area contributed by atoms with Crippen molar-refractivity contribution < 1.29 is 14.0 Å². The number of nitrogens with one attached hydrogen (secondary N) is 1. The van der Waals surface area contributed by atoms with Crippen LogP contribution >= 0.6 is 11.6 Å². The Kier molecular flexibility index (Phi) is 3.80. The van der Waals surface area contributed by atoms with E-state index in [2.05, 4.69) is 5.32 Å². The van der Waals surface area contributed by atoms with Gasteiger partial charge in [0.25, 0.3) is 0 Å². The van der Waals surface area contributed by atoms with Crippen molar-refractivity contribution in [2.75, 3.05) is 0 Å². The van der Waals surface area contributed by atoms with E-state index in [1.807, 2.05) is 0 Å². The first kappa shape index (κ1) is 11.7. The molecule has 1 aromatic rings. The molecule has 1 aromatic carbocycles. The molecule has 1 rings (SSSR count). The zero-order chi connectivity index (χ0) is 11.4. The number of hydrogen-bond acceptors (Lipinski definition) is 2. The largest absolute Gasteiger partial charge is 0.336 e. The zero-order valence-electron chi connectivity index (χ0n) is 7.96. The lowest BCUT2D eigenvalue weighted by atomic mass is 10.1. The number of aryl methyl sites for hydroxylation is 1. The third kappa shape index (κ3) is 2.76. The number of rotatable bonds is 4. The molecule has 0 aliphatic rings. The second-order valence-electron chi connectivity index (χ2n) is 2.98. The van der Waals surface area contributed by atoms with Gasteiger partial charge in [-0.2, -0.15) is 0 Å². The molecule has 80 valence electrons. The van der Waals surface area contributed by atoms with E-state index < -0.39 is 17.1 Å². The fourth-order valence-electron chi connectivity index (χ4n) is 1.03. The first-order chi connectivity index (χ1) is 7.06. The van der Waals surface area contributed by atoms with Crippen molar-refractivity contribution in [1.82, 2.24) is 5.32 Å². The number of halogens is 2. The van der Waals surface area contributed by atoms with Crippen molar-refractivity contribution >= 4 is 23.8 Å². The molecule has 0 spiro atoms. The molecule has 0 heterocycles. The zero-order valence-corrected chi connectivity index (χ0v) is 8.72. The Bertz CT molecular complexity index is 395. The molecule has 15 heavy (non-hydrogen) atoms. The average molecular weight is 230 g/mol. The quantitative estimate of drug-likeness (QED) is 0.369. The monoisotopic (exact) mass is 229 g/mol. The van der Waals surface area contributed by atoms with Crippen LogP contribution in [-0.4, -0.2) is 17.7 Å². The highest BCUT2D eigenvalue weighted by Crippen LogP contribution is 2.12. The third-order valence-corrected chi connectivity index (χ3v) is 2.23. The van der Waals surface area contributed by atoms with Crippen LogP contribution in [0.3, 0.4) is 0 Å². The van der Waals surface area contributed by atoms with Gasteiger partial charge in [0.15, 0.2) is 5.50 Å². The Hall–Kier alpha value is -1.42. The summed E-state index contributed by atoms with van der Waals surface area (Å²) in [6.45, 7) is 1.59. The third-order valence-electron chi connectivity index (χ3n) is 1.90. The summed E-state index contributed by atoms with van der Waals surface area (Å²) in [6, 6.07) is 4.04. The van der Waals surface area contributed by atoms with Crippen LogP contribution in [-0.2, 0) is 4.79 Å². The first-order valence-electron chi connectivity index (χ1n) is 4.20. The Balaban J connectivity index is 2.91. The van der Waals surface area contributed by atoms with Crippen LogP contribution in [0.2, 0.25) is 0 Å². The van der Waals surface area contributed by atoms with Crippen molar-refractivity contribution in [1.29, 1.82) is 0 Å². The number of ketones is 1. The van der Waals surface area contributed by atoms with Crippen LogP contribution in [0.5, 0.6) is 0 Å². The molecule has 0 radical (unpaired) electrons. The topological polar surface area (TPSA) is 46.2 Å². The van der Waals surface area contributed by atoms with Gasteiger partial charge in [-0.25, -0.2) is 4.39 Å². The number of benzene rings is 1. The highest BCUT2D eigenvalue weighted by Gasteiger charge is 2.17. The minimum atomic E-state index is -1.16. The number of Topliss-reactive ketones (excluding diaryl/α,β-unsaturated/α-hetero) is 1. The lowest BCUT2D eigenvalue weighted by molar-refractivity contribution is -0.109. The van der Waals surface area contributed by atoms with E-state index in [-0.39, 0.29) is 5.56 Å². The molecular formula is C10H9ClFNO2. The van der Waals surface area contributed by atoms with Gasteiger partial charge in [0.05, 0.1) is 0 Å². The predicted molar refractivity (Wildman–Crippen MR) is 54.3 cm³/mol. The standard InChI is InChI=1S/C10H9ClFNO2/c1-6-2-3-7(4-8(6)12)9(15)10(11)13-5-14/h2-5,10H,1H3,(H,13,14). The molecular weight excluding hydrogens is 221 g/mol. The second kappa shape index (κ2) is 4.89. The first-order valence-corrected chi connectivity index (χ1v) is 4.64.